The summed E-state index contributed by atoms with van der Waals surface area (Å²) in [5.74, 6) is 0. The second kappa shape index (κ2) is 5.12. The number of nitrogens with two attached hydrogens (primary N) is 2. The Bertz CT molecular complexity index is 229. The first-order valence-electron chi connectivity index (χ1n) is 3.13. The van der Waals surface area contributed by atoms with Gasteiger partial charge in [-0.1, -0.05) is 18.2 Å². The highest BCUT2D eigenvalue weighted by atomic mass is 14.5. The van der Waals surface area contributed by atoms with Gasteiger partial charge in [-0.3, -0.25) is 0 Å². The average Bonchev–Trinajstić information content (AvgIpc) is 1.97. The average molecular weight is 149 g/mol. The highest BCUT2D eigenvalue weighted by Gasteiger charge is 1.84. The number of hydrogen-bond acceptors (Lipinski definition) is 3. The third kappa shape index (κ3) is 3.82. The Morgan fingerprint density at radius 3 is 2.09 bits per heavy atom. The van der Waals surface area contributed by atoms with E-state index >= 15 is 0 Å². The molecule has 4 N–H and O–H groups in total. The van der Waals surface area contributed by atoms with E-state index in [1.54, 1.807) is 0 Å². The zero-order valence-electron chi connectivity index (χ0n) is 6.41. The molecule has 0 saturated carbocycles. The molecule has 1 aromatic carbocycles. The third-order valence-electron chi connectivity index (χ3n) is 1.19. The highest BCUT2D eigenvalue weighted by molar-refractivity contribution is 5.44. The van der Waals surface area contributed by atoms with Crippen molar-refractivity contribution >= 4 is 5.69 Å². The van der Waals surface area contributed by atoms with E-state index in [4.69, 9.17) is 11.0 Å². The number of benzene rings is 1. The zero-order valence-corrected chi connectivity index (χ0v) is 6.41. The van der Waals surface area contributed by atoms with Gasteiger partial charge in [0.05, 0.1) is 0 Å². The number of rotatable bonds is 0. The van der Waals surface area contributed by atoms with E-state index in [0.717, 1.165) is 11.3 Å². The molecule has 0 amide bonds. The molecular weight excluding hydrogens is 138 g/mol. The Morgan fingerprint density at radius 2 is 1.82 bits per heavy atom. The van der Waals surface area contributed by atoms with E-state index < -0.39 is 0 Å². The summed E-state index contributed by atoms with van der Waals surface area (Å²) >= 11 is 0. The van der Waals surface area contributed by atoms with Gasteiger partial charge in [-0.25, -0.2) is 0 Å². The minimum Gasteiger partial charge on any atom is -0.399 e. The SMILES string of the molecule is Cc1ccccc1N.N#CN. The van der Waals surface area contributed by atoms with Gasteiger partial charge in [-0.15, -0.1) is 0 Å². The van der Waals surface area contributed by atoms with E-state index in [1.165, 1.54) is 6.19 Å². The molecule has 1 rings (SSSR count). The monoisotopic (exact) mass is 149 g/mol. The number of para-hydroxylation sites is 1. The van der Waals surface area contributed by atoms with E-state index in [1.807, 2.05) is 31.2 Å². The van der Waals surface area contributed by atoms with Gasteiger partial charge in [0.1, 0.15) is 0 Å². The van der Waals surface area contributed by atoms with E-state index in [-0.39, 0.29) is 0 Å². The lowest BCUT2D eigenvalue weighted by Crippen LogP contribution is -1.85. The molecule has 0 aliphatic carbocycles. The van der Waals surface area contributed by atoms with Crippen LogP contribution in [0.3, 0.4) is 0 Å². The number of nitrogen functional groups attached to an aromatic ring is 1. The van der Waals surface area contributed by atoms with Crippen molar-refractivity contribution in [3.05, 3.63) is 29.8 Å². The van der Waals surface area contributed by atoms with E-state index in [9.17, 15) is 0 Å². The Morgan fingerprint density at radius 1 is 1.36 bits per heavy atom. The molecule has 1 aromatic rings. The first-order chi connectivity index (χ1) is 5.22. The van der Waals surface area contributed by atoms with Crippen LogP contribution in [0.1, 0.15) is 5.56 Å². The molecule has 11 heavy (non-hydrogen) atoms. The van der Waals surface area contributed by atoms with Crippen LogP contribution < -0.4 is 11.5 Å². The number of nitriles is 1. The van der Waals surface area contributed by atoms with Gasteiger partial charge in [-0.05, 0) is 18.6 Å². The molecule has 3 heteroatoms. The molecular formula is C8H11N3. The third-order valence-corrected chi connectivity index (χ3v) is 1.19. The fraction of sp³-hybridized carbons (Fsp3) is 0.125. The van der Waals surface area contributed by atoms with Crippen molar-refractivity contribution in [2.24, 2.45) is 5.73 Å². The topological polar surface area (TPSA) is 75.8 Å². The van der Waals surface area contributed by atoms with E-state index in [0.29, 0.717) is 0 Å². The summed E-state index contributed by atoms with van der Waals surface area (Å²) in [6, 6.07) is 7.80. The van der Waals surface area contributed by atoms with Crippen LogP contribution in [0.5, 0.6) is 0 Å². The molecule has 0 aliphatic rings. The summed E-state index contributed by atoms with van der Waals surface area (Å²) in [7, 11) is 0. The molecule has 0 fully saturated rings. The van der Waals surface area contributed by atoms with Crippen molar-refractivity contribution in [2.75, 3.05) is 5.73 Å². The summed E-state index contributed by atoms with van der Waals surface area (Å²) in [5, 5.41) is 7.10. The Kier molecular flexibility index (Phi) is 4.34. The Balaban J connectivity index is 0.000000292. The van der Waals surface area contributed by atoms with Crippen LogP contribution in [0.25, 0.3) is 0 Å². The maximum atomic E-state index is 7.10. The lowest BCUT2D eigenvalue weighted by Gasteiger charge is -1.93. The predicted octanol–water partition coefficient (Wildman–Crippen LogP) is 1.00. The first-order valence-corrected chi connectivity index (χ1v) is 3.13. The fourth-order valence-corrected chi connectivity index (χ4v) is 0.587. The van der Waals surface area contributed by atoms with Crippen LogP contribution in [0, 0.1) is 18.4 Å². The first kappa shape index (κ1) is 9.31. The second-order valence-corrected chi connectivity index (χ2v) is 1.99. The molecule has 58 valence electrons. The molecule has 0 atom stereocenters. The Hall–Kier alpha value is -1.69. The maximum absolute atomic E-state index is 7.10. The lowest BCUT2D eigenvalue weighted by atomic mass is 10.2. The highest BCUT2D eigenvalue weighted by Crippen LogP contribution is 2.06. The van der Waals surface area contributed by atoms with Crippen LogP contribution in [0.2, 0.25) is 0 Å². The van der Waals surface area contributed by atoms with Gasteiger partial charge in [0.2, 0.25) is 0 Å². The van der Waals surface area contributed by atoms with Crippen molar-refractivity contribution in [3.8, 4) is 6.19 Å². The number of aryl methyl sites for hydroxylation is 1. The quantitative estimate of drug-likeness (QED) is 0.328. The minimum absolute atomic E-state index is 0.868. The maximum Gasteiger partial charge on any atom is 0.173 e. The van der Waals surface area contributed by atoms with Crippen molar-refractivity contribution in [1.82, 2.24) is 0 Å². The normalized spacial score (nSPS) is 7.27. The summed E-state index contributed by atoms with van der Waals surface area (Å²) in [4.78, 5) is 0. The smallest absolute Gasteiger partial charge is 0.173 e. The van der Waals surface area contributed by atoms with Crippen LogP contribution in [0.15, 0.2) is 24.3 Å². The zero-order chi connectivity index (χ0) is 8.69. The lowest BCUT2D eigenvalue weighted by molar-refractivity contribution is 1.45. The van der Waals surface area contributed by atoms with Gasteiger partial charge < -0.3 is 11.5 Å². The summed E-state index contributed by atoms with van der Waals surface area (Å²) < 4.78 is 0. The standard InChI is InChI=1S/C7H9N.CH2N2/c1-6-4-2-3-5-7(6)8;2-1-3/h2-5H,8H2,1H3;2H2. The Labute approximate surface area is 66.2 Å². The van der Waals surface area contributed by atoms with Gasteiger partial charge in [0.15, 0.2) is 6.19 Å². The van der Waals surface area contributed by atoms with Crippen LogP contribution >= 0.6 is 0 Å². The molecule has 0 spiro atoms. The minimum atomic E-state index is 0.868. The molecule has 0 radical (unpaired) electrons. The largest absolute Gasteiger partial charge is 0.399 e. The van der Waals surface area contributed by atoms with Crippen molar-refractivity contribution in [1.29, 1.82) is 5.26 Å². The van der Waals surface area contributed by atoms with Gasteiger partial charge >= 0.3 is 0 Å². The molecule has 0 unspecified atom stereocenters. The van der Waals surface area contributed by atoms with Crippen LogP contribution in [-0.4, -0.2) is 0 Å². The summed E-state index contributed by atoms with van der Waals surface area (Å²) in [5.41, 5.74) is 11.7. The van der Waals surface area contributed by atoms with E-state index in [2.05, 4.69) is 5.73 Å². The van der Waals surface area contributed by atoms with Gasteiger partial charge in [0.25, 0.3) is 0 Å². The van der Waals surface area contributed by atoms with Gasteiger partial charge in [-0.2, -0.15) is 5.26 Å². The number of hydrogen-bond donors (Lipinski definition) is 2. The van der Waals surface area contributed by atoms with Crippen molar-refractivity contribution in [2.45, 2.75) is 6.92 Å². The molecule has 0 saturated heterocycles. The molecule has 0 bridgehead atoms. The van der Waals surface area contributed by atoms with Crippen LogP contribution in [-0.2, 0) is 0 Å². The van der Waals surface area contributed by atoms with Crippen molar-refractivity contribution in [3.63, 3.8) is 0 Å². The summed E-state index contributed by atoms with van der Waals surface area (Å²) in [6.45, 7) is 2.00. The number of nitrogens with zero attached hydrogens (tertiary/aromatic N) is 1. The van der Waals surface area contributed by atoms with Crippen molar-refractivity contribution < 1.29 is 0 Å². The van der Waals surface area contributed by atoms with Gasteiger partial charge in [0, 0.05) is 5.69 Å². The molecule has 0 heterocycles. The molecule has 0 aromatic heterocycles. The molecule has 3 nitrogen and oxygen atoms in total. The predicted molar refractivity (Wildman–Crippen MR) is 45.4 cm³/mol. The molecule has 0 aliphatic heterocycles. The fourth-order valence-electron chi connectivity index (χ4n) is 0.587. The second-order valence-electron chi connectivity index (χ2n) is 1.99. The summed E-state index contributed by atoms with van der Waals surface area (Å²) in [6.07, 6.45) is 1.25. The number of anilines is 1. The van der Waals surface area contributed by atoms with Crippen LogP contribution in [0.4, 0.5) is 5.69 Å².